The first-order valence-corrected chi connectivity index (χ1v) is 7.31. The van der Waals surface area contributed by atoms with Gasteiger partial charge in [-0.1, -0.05) is 23.2 Å². The van der Waals surface area contributed by atoms with Gasteiger partial charge in [-0.3, -0.25) is 4.98 Å². The summed E-state index contributed by atoms with van der Waals surface area (Å²) >= 11 is 12.2. The van der Waals surface area contributed by atoms with Crippen LogP contribution in [0.2, 0.25) is 10.2 Å². The van der Waals surface area contributed by atoms with Crippen LogP contribution >= 0.6 is 23.2 Å². The smallest absolute Gasteiger partial charge is 0.142 e. The van der Waals surface area contributed by atoms with E-state index in [1.165, 1.54) is 0 Å². The van der Waals surface area contributed by atoms with E-state index in [9.17, 15) is 0 Å². The highest BCUT2D eigenvalue weighted by Crippen LogP contribution is 2.35. The van der Waals surface area contributed by atoms with E-state index in [-0.39, 0.29) is 5.82 Å². The molecule has 22 heavy (non-hydrogen) atoms. The lowest BCUT2D eigenvalue weighted by Gasteiger charge is -2.12. The molecule has 0 unspecified atom stereocenters. The van der Waals surface area contributed by atoms with Crippen molar-refractivity contribution in [2.75, 3.05) is 5.73 Å². The molecule has 0 atom stereocenters. The number of hydrogen-bond acceptors (Lipinski definition) is 4. The van der Waals surface area contributed by atoms with Gasteiger partial charge in [-0.15, -0.1) is 0 Å². The van der Waals surface area contributed by atoms with Gasteiger partial charge in [-0.05, 0) is 42.8 Å². The second kappa shape index (κ2) is 5.91. The second-order valence-corrected chi connectivity index (χ2v) is 5.61. The first-order valence-electron chi connectivity index (χ1n) is 6.55. The summed E-state index contributed by atoms with van der Waals surface area (Å²) in [4.78, 5) is 12.7. The molecule has 0 aliphatic heterocycles. The van der Waals surface area contributed by atoms with Crippen molar-refractivity contribution in [2.24, 2.45) is 0 Å². The molecule has 3 aromatic heterocycles. The number of aryl methyl sites for hydroxylation is 1. The topological polar surface area (TPSA) is 64.7 Å². The molecule has 0 aromatic carbocycles. The summed E-state index contributed by atoms with van der Waals surface area (Å²) in [5, 5.41) is 0.813. The molecule has 3 aromatic rings. The molecule has 0 aliphatic rings. The molecule has 3 heterocycles. The number of rotatable bonds is 2. The Morgan fingerprint density at radius 3 is 2.55 bits per heavy atom. The molecule has 0 bridgehead atoms. The van der Waals surface area contributed by atoms with Crippen LogP contribution in [0.1, 0.15) is 5.69 Å². The lowest BCUT2D eigenvalue weighted by atomic mass is 10.0. The highest BCUT2D eigenvalue weighted by molar-refractivity contribution is 6.33. The predicted octanol–water partition coefficient (Wildman–Crippen LogP) is 4.40. The number of hydrogen-bond donors (Lipinski definition) is 1. The SMILES string of the molecule is Cc1cc(-c2cc(Cl)c(N)nc2-c2cccnc2)cc(Cl)n1. The minimum absolute atomic E-state index is 0.279. The number of nitrogen functional groups attached to an aromatic ring is 1. The maximum Gasteiger partial charge on any atom is 0.142 e. The molecule has 0 amide bonds. The number of pyridine rings is 3. The quantitative estimate of drug-likeness (QED) is 0.707. The van der Waals surface area contributed by atoms with E-state index in [1.54, 1.807) is 24.5 Å². The lowest BCUT2D eigenvalue weighted by molar-refractivity contribution is 1.20. The van der Waals surface area contributed by atoms with Crippen LogP contribution in [0.3, 0.4) is 0 Å². The average molecular weight is 331 g/mol. The normalized spacial score (nSPS) is 10.7. The zero-order valence-electron chi connectivity index (χ0n) is 11.7. The molecule has 0 radical (unpaired) electrons. The third-order valence-corrected chi connectivity index (χ3v) is 3.67. The van der Waals surface area contributed by atoms with Crippen molar-refractivity contribution >= 4 is 29.0 Å². The van der Waals surface area contributed by atoms with E-state index >= 15 is 0 Å². The zero-order chi connectivity index (χ0) is 15.7. The van der Waals surface area contributed by atoms with Crippen LogP contribution in [0.4, 0.5) is 5.82 Å². The van der Waals surface area contributed by atoms with Gasteiger partial charge in [-0.2, -0.15) is 0 Å². The fourth-order valence-electron chi connectivity index (χ4n) is 2.23. The first kappa shape index (κ1) is 14.8. The van der Waals surface area contributed by atoms with E-state index < -0.39 is 0 Å². The van der Waals surface area contributed by atoms with Crippen LogP contribution in [0.25, 0.3) is 22.4 Å². The van der Waals surface area contributed by atoms with Crippen molar-refractivity contribution in [3.63, 3.8) is 0 Å². The maximum atomic E-state index is 6.15. The molecule has 4 nitrogen and oxygen atoms in total. The van der Waals surface area contributed by atoms with Crippen LogP contribution in [0, 0.1) is 6.92 Å². The van der Waals surface area contributed by atoms with E-state index in [0.29, 0.717) is 15.9 Å². The average Bonchev–Trinajstić information content (AvgIpc) is 2.49. The Balaban J connectivity index is 2.28. The molecule has 110 valence electrons. The van der Waals surface area contributed by atoms with E-state index in [2.05, 4.69) is 15.0 Å². The Bertz CT molecular complexity index is 815. The van der Waals surface area contributed by atoms with Crippen LogP contribution in [-0.4, -0.2) is 15.0 Å². The van der Waals surface area contributed by atoms with Gasteiger partial charge in [-0.25, -0.2) is 9.97 Å². The highest BCUT2D eigenvalue weighted by Gasteiger charge is 2.14. The Kier molecular flexibility index (Phi) is 3.96. The van der Waals surface area contributed by atoms with Gasteiger partial charge in [0, 0.05) is 29.2 Å². The van der Waals surface area contributed by atoms with Crippen LogP contribution in [0.5, 0.6) is 0 Å². The number of nitrogens with zero attached hydrogens (tertiary/aromatic N) is 3. The van der Waals surface area contributed by atoms with Crippen molar-refractivity contribution in [2.45, 2.75) is 6.92 Å². The molecule has 3 rings (SSSR count). The van der Waals surface area contributed by atoms with Crippen LogP contribution < -0.4 is 5.73 Å². The molecule has 2 N–H and O–H groups in total. The third kappa shape index (κ3) is 2.89. The van der Waals surface area contributed by atoms with Crippen molar-refractivity contribution < 1.29 is 0 Å². The zero-order valence-corrected chi connectivity index (χ0v) is 13.2. The standard InChI is InChI=1S/C16H12Cl2N4/c1-9-5-11(6-14(18)21-9)12-7-13(17)16(19)22-15(12)10-3-2-4-20-8-10/h2-8H,1H3,(H2,19,22). The van der Waals surface area contributed by atoms with Crippen LogP contribution in [-0.2, 0) is 0 Å². The van der Waals surface area contributed by atoms with E-state index in [1.807, 2.05) is 25.1 Å². The van der Waals surface area contributed by atoms with E-state index in [4.69, 9.17) is 28.9 Å². The van der Waals surface area contributed by atoms with Crippen LogP contribution in [0.15, 0.2) is 42.7 Å². The number of halogens is 2. The Labute approximate surface area is 138 Å². The van der Waals surface area contributed by atoms with Gasteiger partial charge in [0.15, 0.2) is 0 Å². The number of nitrogens with two attached hydrogens (primary N) is 1. The summed E-state index contributed by atoms with van der Waals surface area (Å²) in [6.45, 7) is 1.88. The summed E-state index contributed by atoms with van der Waals surface area (Å²) in [5.74, 6) is 0.279. The number of aromatic nitrogens is 3. The maximum absolute atomic E-state index is 6.15. The van der Waals surface area contributed by atoms with Crippen molar-refractivity contribution in [1.82, 2.24) is 15.0 Å². The molecular weight excluding hydrogens is 319 g/mol. The fourth-order valence-corrected chi connectivity index (χ4v) is 2.63. The van der Waals surface area contributed by atoms with Gasteiger partial charge in [0.05, 0.1) is 10.7 Å². The minimum Gasteiger partial charge on any atom is -0.382 e. The van der Waals surface area contributed by atoms with Crippen molar-refractivity contribution in [3.8, 4) is 22.4 Å². The molecule has 0 saturated heterocycles. The molecule has 6 heteroatoms. The lowest BCUT2D eigenvalue weighted by Crippen LogP contribution is -1.97. The fraction of sp³-hybridized carbons (Fsp3) is 0.0625. The summed E-state index contributed by atoms with van der Waals surface area (Å²) in [6, 6.07) is 9.25. The van der Waals surface area contributed by atoms with Gasteiger partial charge in [0.1, 0.15) is 11.0 Å². The monoisotopic (exact) mass is 330 g/mol. The molecular formula is C16H12Cl2N4. The highest BCUT2D eigenvalue weighted by atomic mass is 35.5. The molecule has 0 saturated carbocycles. The minimum atomic E-state index is 0.279. The van der Waals surface area contributed by atoms with Gasteiger partial charge >= 0.3 is 0 Å². The Morgan fingerprint density at radius 1 is 1.05 bits per heavy atom. The first-order chi connectivity index (χ1) is 10.5. The summed E-state index contributed by atoms with van der Waals surface area (Å²) in [5.41, 5.74) is 9.95. The Morgan fingerprint density at radius 2 is 1.86 bits per heavy atom. The van der Waals surface area contributed by atoms with Gasteiger partial charge in [0.2, 0.25) is 0 Å². The largest absolute Gasteiger partial charge is 0.382 e. The Hall–Kier alpha value is -2.17. The second-order valence-electron chi connectivity index (χ2n) is 4.81. The van der Waals surface area contributed by atoms with Gasteiger partial charge in [0.25, 0.3) is 0 Å². The number of anilines is 1. The molecule has 0 fully saturated rings. The third-order valence-electron chi connectivity index (χ3n) is 3.17. The molecule has 0 aliphatic carbocycles. The summed E-state index contributed by atoms with van der Waals surface area (Å²) < 4.78 is 0. The summed E-state index contributed by atoms with van der Waals surface area (Å²) in [7, 11) is 0. The van der Waals surface area contributed by atoms with Crippen molar-refractivity contribution in [1.29, 1.82) is 0 Å². The molecule has 0 spiro atoms. The van der Waals surface area contributed by atoms with Crippen molar-refractivity contribution in [3.05, 3.63) is 58.6 Å². The van der Waals surface area contributed by atoms with E-state index in [0.717, 1.165) is 22.4 Å². The summed E-state index contributed by atoms with van der Waals surface area (Å²) in [6.07, 6.45) is 3.44. The predicted molar refractivity (Wildman–Crippen MR) is 89.9 cm³/mol. The van der Waals surface area contributed by atoms with Gasteiger partial charge < -0.3 is 5.73 Å².